The van der Waals surface area contributed by atoms with Crippen molar-refractivity contribution in [2.24, 2.45) is 0 Å². The Morgan fingerprint density at radius 2 is 1.84 bits per heavy atom. The highest BCUT2D eigenvalue weighted by molar-refractivity contribution is 7.20. The Balaban J connectivity index is 1.12. The molecule has 1 aromatic heterocycles. The van der Waals surface area contributed by atoms with Crippen LogP contribution in [0.15, 0.2) is 42.5 Å². The molecule has 2 bridgehead atoms. The number of aryl methyl sites for hydroxylation is 1. The molecule has 0 radical (unpaired) electrons. The standard InChI is InChI=1S/C25H29N3O3S/c1-16-3-10-23-24(13-16)32-25(27-23)31-22-8-6-21(7-9-22)30-12-11-28-19-4-5-20(28)15-18(14-19)26-17(2)29/h3,6-10,13,18-20H,4-5,11-12,14-15H2,1-2H3,(H,26,29)/t18?,19-,20+. The minimum Gasteiger partial charge on any atom is -0.492 e. The first kappa shape index (κ1) is 21.2. The molecule has 3 aromatic rings. The van der Waals surface area contributed by atoms with Crippen molar-refractivity contribution in [1.29, 1.82) is 0 Å². The first-order valence-corrected chi connectivity index (χ1v) is 12.2. The fraction of sp³-hybridized carbons (Fsp3) is 0.440. The maximum Gasteiger partial charge on any atom is 0.279 e. The predicted octanol–water partition coefficient (Wildman–Crippen LogP) is 4.91. The summed E-state index contributed by atoms with van der Waals surface area (Å²) in [6.45, 7) is 5.27. The highest BCUT2D eigenvalue weighted by Gasteiger charge is 2.40. The van der Waals surface area contributed by atoms with Crippen molar-refractivity contribution in [3.8, 4) is 16.7 Å². The molecule has 0 saturated carbocycles. The summed E-state index contributed by atoms with van der Waals surface area (Å²) in [7, 11) is 0. The van der Waals surface area contributed by atoms with Gasteiger partial charge in [0.05, 0.1) is 10.2 Å². The normalized spacial score (nSPS) is 22.8. The van der Waals surface area contributed by atoms with Crippen LogP contribution in [0.2, 0.25) is 0 Å². The molecule has 5 rings (SSSR count). The maximum atomic E-state index is 11.4. The van der Waals surface area contributed by atoms with Gasteiger partial charge in [-0.15, -0.1) is 0 Å². The van der Waals surface area contributed by atoms with E-state index in [-0.39, 0.29) is 5.91 Å². The molecular formula is C25H29N3O3S. The first-order valence-electron chi connectivity index (χ1n) is 11.3. The van der Waals surface area contributed by atoms with Gasteiger partial charge in [0.25, 0.3) is 5.19 Å². The number of carbonyl (C=O) groups is 1. The third-order valence-corrected chi connectivity index (χ3v) is 7.36. The number of carbonyl (C=O) groups excluding carboxylic acids is 1. The van der Waals surface area contributed by atoms with Gasteiger partial charge >= 0.3 is 0 Å². The van der Waals surface area contributed by atoms with Crippen molar-refractivity contribution in [1.82, 2.24) is 15.2 Å². The van der Waals surface area contributed by atoms with Crippen LogP contribution in [0.25, 0.3) is 10.2 Å². The lowest BCUT2D eigenvalue weighted by Gasteiger charge is -2.39. The number of nitrogens with zero attached hydrogens (tertiary/aromatic N) is 2. The van der Waals surface area contributed by atoms with Crippen molar-refractivity contribution in [3.63, 3.8) is 0 Å². The van der Waals surface area contributed by atoms with Gasteiger partial charge in [0, 0.05) is 31.6 Å². The molecule has 0 aliphatic carbocycles. The van der Waals surface area contributed by atoms with E-state index in [4.69, 9.17) is 9.47 Å². The fourth-order valence-corrected chi connectivity index (χ4v) is 6.01. The minimum atomic E-state index is 0.0804. The predicted molar refractivity (Wildman–Crippen MR) is 127 cm³/mol. The summed E-state index contributed by atoms with van der Waals surface area (Å²) in [5.74, 6) is 1.68. The molecular weight excluding hydrogens is 422 g/mol. The summed E-state index contributed by atoms with van der Waals surface area (Å²) in [4.78, 5) is 18.5. The van der Waals surface area contributed by atoms with Gasteiger partial charge in [0.15, 0.2) is 0 Å². The average molecular weight is 452 g/mol. The molecule has 2 aliphatic heterocycles. The summed E-state index contributed by atoms with van der Waals surface area (Å²) in [6, 6.07) is 15.4. The second-order valence-corrected chi connectivity index (χ2v) is 9.86. The number of piperidine rings is 1. The van der Waals surface area contributed by atoms with Crippen molar-refractivity contribution in [2.45, 2.75) is 57.7 Å². The van der Waals surface area contributed by atoms with E-state index in [2.05, 4.69) is 34.3 Å². The van der Waals surface area contributed by atoms with Crippen LogP contribution in [0.1, 0.15) is 38.2 Å². The van der Waals surface area contributed by atoms with Crippen LogP contribution in [-0.2, 0) is 4.79 Å². The van der Waals surface area contributed by atoms with E-state index in [9.17, 15) is 4.79 Å². The van der Waals surface area contributed by atoms with Crippen LogP contribution in [0.4, 0.5) is 0 Å². The number of hydrogen-bond acceptors (Lipinski definition) is 6. The second-order valence-electron chi connectivity index (χ2n) is 8.86. The van der Waals surface area contributed by atoms with Gasteiger partial charge in [-0.3, -0.25) is 9.69 Å². The quantitative estimate of drug-likeness (QED) is 0.553. The molecule has 1 unspecified atom stereocenters. The number of rotatable bonds is 7. The lowest BCUT2D eigenvalue weighted by molar-refractivity contribution is -0.120. The molecule has 2 saturated heterocycles. The summed E-state index contributed by atoms with van der Waals surface area (Å²) in [6.07, 6.45) is 4.54. The van der Waals surface area contributed by atoms with Crippen molar-refractivity contribution in [2.75, 3.05) is 13.2 Å². The Morgan fingerprint density at radius 3 is 2.56 bits per heavy atom. The molecule has 1 amide bonds. The lowest BCUT2D eigenvalue weighted by Crippen LogP contribution is -2.51. The summed E-state index contributed by atoms with van der Waals surface area (Å²) < 4.78 is 13.1. The second kappa shape index (κ2) is 9.08. The van der Waals surface area contributed by atoms with Gasteiger partial charge in [-0.05, 0) is 74.6 Å². The Labute approximate surface area is 192 Å². The van der Waals surface area contributed by atoms with Crippen molar-refractivity contribution >= 4 is 27.5 Å². The Bertz CT molecular complexity index is 1080. The molecule has 2 aromatic carbocycles. The fourth-order valence-electron chi connectivity index (χ4n) is 5.07. The van der Waals surface area contributed by atoms with E-state index in [1.807, 2.05) is 30.3 Å². The van der Waals surface area contributed by atoms with E-state index in [1.54, 1.807) is 18.3 Å². The molecule has 3 atom stereocenters. The summed E-state index contributed by atoms with van der Waals surface area (Å²) in [5, 5.41) is 3.76. The first-order chi connectivity index (χ1) is 15.5. The largest absolute Gasteiger partial charge is 0.492 e. The molecule has 7 heteroatoms. The van der Waals surface area contributed by atoms with Crippen LogP contribution in [0, 0.1) is 6.92 Å². The van der Waals surface area contributed by atoms with Crippen LogP contribution >= 0.6 is 11.3 Å². The van der Waals surface area contributed by atoms with Crippen LogP contribution in [-0.4, -0.2) is 47.1 Å². The van der Waals surface area contributed by atoms with E-state index in [0.29, 0.717) is 29.9 Å². The summed E-state index contributed by atoms with van der Waals surface area (Å²) >= 11 is 1.56. The van der Waals surface area contributed by atoms with Crippen LogP contribution in [0.5, 0.6) is 16.7 Å². The molecule has 3 heterocycles. The number of thiazole rings is 1. The lowest BCUT2D eigenvalue weighted by atomic mass is 9.97. The Morgan fingerprint density at radius 1 is 1.12 bits per heavy atom. The average Bonchev–Trinajstić information content (AvgIpc) is 3.25. The third kappa shape index (κ3) is 4.74. The van der Waals surface area contributed by atoms with E-state index >= 15 is 0 Å². The monoisotopic (exact) mass is 451 g/mol. The van der Waals surface area contributed by atoms with E-state index < -0.39 is 0 Å². The zero-order valence-corrected chi connectivity index (χ0v) is 19.4. The van der Waals surface area contributed by atoms with Gasteiger partial charge in [-0.2, -0.15) is 0 Å². The smallest absolute Gasteiger partial charge is 0.279 e. The van der Waals surface area contributed by atoms with Crippen LogP contribution in [0.3, 0.4) is 0 Å². The van der Waals surface area contributed by atoms with Gasteiger partial charge in [0.2, 0.25) is 5.91 Å². The number of amides is 1. The van der Waals surface area contributed by atoms with Gasteiger partial charge in [-0.1, -0.05) is 17.4 Å². The number of fused-ring (bicyclic) bond motifs is 3. The zero-order chi connectivity index (χ0) is 22.1. The molecule has 168 valence electrons. The minimum absolute atomic E-state index is 0.0804. The molecule has 0 spiro atoms. The Hall–Kier alpha value is -2.64. The summed E-state index contributed by atoms with van der Waals surface area (Å²) in [5.41, 5.74) is 2.19. The van der Waals surface area contributed by atoms with Crippen molar-refractivity contribution in [3.05, 3.63) is 48.0 Å². The van der Waals surface area contributed by atoms with Crippen molar-refractivity contribution < 1.29 is 14.3 Å². The highest BCUT2D eigenvalue weighted by atomic mass is 32.1. The number of hydrogen-bond donors (Lipinski definition) is 1. The number of ether oxygens (including phenoxy) is 2. The SMILES string of the molecule is CC(=O)NC1C[C@H]2CC[C@@H](C1)N2CCOc1ccc(Oc2nc3ccc(C)cc3s2)cc1. The van der Waals surface area contributed by atoms with Gasteiger partial charge in [0.1, 0.15) is 18.1 Å². The van der Waals surface area contributed by atoms with Gasteiger partial charge in [-0.25, -0.2) is 4.98 Å². The topological polar surface area (TPSA) is 63.7 Å². The van der Waals surface area contributed by atoms with Gasteiger partial charge < -0.3 is 14.8 Å². The Kier molecular flexibility index (Phi) is 6.02. The van der Waals surface area contributed by atoms with E-state index in [0.717, 1.165) is 41.1 Å². The molecule has 32 heavy (non-hydrogen) atoms. The third-order valence-electron chi connectivity index (χ3n) is 6.46. The number of aromatic nitrogens is 1. The molecule has 2 fully saturated rings. The number of nitrogens with one attached hydrogen (secondary N) is 1. The zero-order valence-electron chi connectivity index (χ0n) is 18.5. The van der Waals surface area contributed by atoms with E-state index in [1.165, 1.54) is 18.4 Å². The maximum absolute atomic E-state index is 11.4. The molecule has 6 nitrogen and oxygen atoms in total. The highest BCUT2D eigenvalue weighted by Crippen LogP contribution is 2.36. The van der Waals surface area contributed by atoms with Crippen LogP contribution < -0.4 is 14.8 Å². The molecule has 1 N–H and O–H groups in total. The molecule has 2 aliphatic rings. The number of benzene rings is 2.